The summed E-state index contributed by atoms with van der Waals surface area (Å²) in [5.74, 6) is 6.78. The molecule has 0 radical (unpaired) electrons. The molecule has 0 aliphatic rings. The van der Waals surface area contributed by atoms with Crippen LogP contribution in [0.2, 0.25) is 0 Å². The lowest BCUT2D eigenvalue weighted by molar-refractivity contribution is -0.141. The maximum atomic E-state index is 13.4. The monoisotopic (exact) mass is 522 g/mol. The number of rotatable bonds is 7. The van der Waals surface area contributed by atoms with Gasteiger partial charge in [0.15, 0.2) is 5.69 Å². The molecule has 0 saturated heterocycles. The highest BCUT2D eigenvalue weighted by atomic mass is 32.2. The standard InChI is InChI=1S/C27H25F3N6S/c1-17-34-26(27(28,29)30)16-35(17)23-11-10-21(20-4-3-5-22(12-20)37-2)13-24(23)36(33)25(15-32)19-8-6-18(14-31)7-9-19/h3-16,31H,32-33H2,1-2H3/b25-15-,31-14?. The van der Waals surface area contributed by atoms with Crippen molar-refractivity contribution in [1.82, 2.24) is 9.55 Å². The Morgan fingerprint density at radius 2 is 1.76 bits per heavy atom. The first-order valence-corrected chi connectivity index (χ1v) is 12.4. The second kappa shape index (κ2) is 10.5. The predicted molar refractivity (Wildman–Crippen MR) is 144 cm³/mol. The summed E-state index contributed by atoms with van der Waals surface area (Å²) < 4.78 is 41.6. The average molecular weight is 523 g/mol. The topological polar surface area (TPSA) is 96.9 Å². The van der Waals surface area contributed by atoms with Crippen molar-refractivity contribution in [2.24, 2.45) is 11.6 Å². The number of anilines is 1. The number of hydrogen-bond acceptors (Lipinski definition) is 6. The van der Waals surface area contributed by atoms with Gasteiger partial charge in [-0.25, -0.2) is 10.8 Å². The molecule has 4 rings (SSSR count). The fraction of sp³-hybridized carbons (Fsp3) is 0.111. The third-order valence-corrected chi connectivity index (χ3v) is 6.59. The van der Waals surface area contributed by atoms with Crippen molar-refractivity contribution in [3.63, 3.8) is 0 Å². The number of nitrogens with two attached hydrogens (primary N) is 2. The van der Waals surface area contributed by atoms with E-state index in [1.54, 1.807) is 42.1 Å². The number of aromatic nitrogens is 2. The minimum Gasteiger partial charge on any atom is -0.403 e. The van der Waals surface area contributed by atoms with Crippen molar-refractivity contribution in [2.45, 2.75) is 18.0 Å². The van der Waals surface area contributed by atoms with Crippen molar-refractivity contribution >= 4 is 29.4 Å². The van der Waals surface area contributed by atoms with Crippen molar-refractivity contribution < 1.29 is 13.2 Å². The van der Waals surface area contributed by atoms with Gasteiger partial charge in [-0.15, -0.1) is 11.8 Å². The molecular weight excluding hydrogens is 497 g/mol. The minimum atomic E-state index is -4.59. The van der Waals surface area contributed by atoms with Gasteiger partial charge in [-0.2, -0.15) is 13.2 Å². The molecule has 0 aliphatic carbocycles. The van der Waals surface area contributed by atoms with Crippen LogP contribution in [0, 0.1) is 12.3 Å². The lowest BCUT2D eigenvalue weighted by Gasteiger charge is -2.26. The number of aryl methyl sites for hydroxylation is 1. The van der Waals surface area contributed by atoms with E-state index in [4.69, 9.17) is 17.0 Å². The molecule has 4 aromatic rings. The van der Waals surface area contributed by atoms with Crippen molar-refractivity contribution in [3.8, 4) is 16.8 Å². The number of nitrogens with zero attached hydrogens (tertiary/aromatic N) is 3. The number of hydrazine groups is 1. The van der Waals surface area contributed by atoms with Crippen LogP contribution in [-0.4, -0.2) is 22.0 Å². The van der Waals surface area contributed by atoms with Gasteiger partial charge in [0, 0.05) is 29.1 Å². The minimum absolute atomic E-state index is 0.160. The van der Waals surface area contributed by atoms with Gasteiger partial charge in [-0.3, -0.25) is 5.01 Å². The Bertz CT molecular complexity index is 1460. The predicted octanol–water partition coefficient (Wildman–Crippen LogP) is 6.22. The van der Waals surface area contributed by atoms with Gasteiger partial charge in [0.05, 0.1) is 17.1 Å². The smallest absolute Gasteiger partial charge is 0.403 e. The zero-order chi connectivity index (χ0) is 26.7. The lowest BCUT2D eigenvalue weighted by atomic mass is 10.0. The maximum Gasteiger partial charge on any atom is 0.434 e. The summed E-state index contributed by atoms with van der Waals surface area (Å²) in [6.07, 6.45) is 0.917. The van der Waals surface area contributed by atoms with Crippen LogP contribution in [0.15, 0.2) is 84.0 Å². The van der Waals surface area contributed by atoms with E-state index in [0.29, 0.717) is 28.2 Å². The highest BCUT2D eigenvalue weighted by molar-refractivity contribution is 7.98. The summed E-state index contributed by atoms with van der Waals surface area (Å²) in [7, 11) is 0. The molecule has 3 aromatic carbocycles. The molecule has 10 heteroatoms. The van der Waals surface area contributed by atoms with Crippen LogP contribution in [0.4, 0.5) is 18.9 Å². The Kier molecular flexibility index (Phi) is 7.42. The Balaban J connectivity index is 1.89. The second-order valence-electron chi connectivity index (χ2n) is 8.16. The molecule has 0 aliphatic heterocycles. The van der Waals surface area contributed by atoms with E-state index in [-0.39, 0.29) is 5.82 Å². The Morgan fingerprint density at radius 1 is 1.05 bits per heavy atom. The van der Waals surface area contributed by atoms with Gasteiger partial charge in [0.2, 0.25) is 0 Å². The summed E-state index contributed by atoms with van der Waals surface area (Å²) >= 11 is 1.61. The quantitative estimate of drug-likeness (QED) is 0.116. The Morgan fingerprint density at radius 3 is 2.35 bits per heavy atom. The van der Waals surface area contributed by atoms with Gasteiger partial charge < -0.3 is 15.7 Å². The van der Waals surface area contributed by atoms with Crippen LogP contribution in [0.1, 0.15) is 22.6 Å². The first kappa shape index (κ1) is 26.1. The number of thioether (sulfide) groups is 1. The van der Waals surface area contributed by atoms with Gasteiger partial charge in [0.1, 0.15) is 5.82 Å². The van der Waals surface area contributed by atoms with E-state index in [2.05, 4.69) is 4.98 Å². The van der Waals surface area contributed by atoms with Crippen molar-refractivity contribution in [2.75, 3.05) is 11.3 Å². The van der Waals surface area contributed by atoms with Gasteiger partial charge in [-0.05, 0) is 54.1 Å². The van der Waals surface area contributed by atoms with Crippen LogP contribution in [0.3, 0.4) is 0 Å². The molecular formula is C27H25F3N6S. The van der Waals surface area contributed by atoms with E-state index < -0.39 is 11.9 Å². The van der Waals surface area contributed by atoms with Gasteiger partial charge >= 0.3 is 6.18 Å². The SMILES string of the molecule is CSc1cccc(-c2ccc(-n3cc(C(F)(F)F)nc3C)c(N(N)/C(=C\N)c3ccc(C=N)cc3)c2)c1. The summed E-state index contributed by atoms with van der Waals surface area (Å²) in [5, 5.41) is 8.77. The molecule has 0 amide bonds. The number of imidazole rings is 1. The summed E-state index contributed by atoms with van der Waals surface area (Å²) in [4.78, 5) is 4.79. The molecule has 190 valence electrons. The molecule has 5 N–H and O–H groups in total. The maximum absolute atomic E-state index is 13.4. The first-order valence-electron chi connectivity index (χ1n) is 11.2. The van der Waals surface area contributed by atoms with Crippen LogP contribution in [0.5, 0.6) is 0 Å². The highest BCUT2D eigenvalue weighted by Crippen LogP contribution is 2.36. The molecule has 1 aromatic heterocycles. The zero-order valence-electron chi connectivity index (χ0n) is 20.1. The third-order valence-electron chi connectivity index (χ3n) is 5.86. The second-order valence-corrected chi connectivity index (χ2v) is 9.04. The number of halogens is 3. The molecule has 6 nitrogen and oxygen atoms in total. The van der Waals surface area contributed by atoms with Gasteiger partial charge in [0.25, 0.3) is 0 Å². The van der Waals surface area contributed by atoms with E-state index in [1.807, 2.05) is 42.7 Å². The van der Waals surface area contributed by atoms with Crippen molar-refractivity contribution in [1.29, 1.82) is 5.41 Å². The zero-order valence-corrected chi connectivity index (χ0v) is 20.9. The molecule has 0 bridgehead atoms. The Hall–Kier alpha value is -4.02. The highest BCUT2D eigenvalue weighted by Gasteiger charge is 2.34. The molecule has 0 spiro atoms. The average Bonchev–Trinajstić information content (AvgIpc) is 3.31. The molecule has 0 atom stereocenters. The Labute approximate surface area is 216 Å². The van der Waals surface area contributed by atoms with Crippen LogP contribution < -0.4 is 16.6 Å². The molecule has 0 saturated carbocycles. The lowest BCUT2D eigenvalue weighted by Crippen LogP contribution is -2.31. The molecule has 37 heavy (non-hydrogen) atoms. The third kappa shape index (κ3) is 5.40. The van der Waals surface area contributed by atoms with Gasteiger partial charge in [-0.1, -0.05) is 42.5 Å². The number of alkyl halides is 3. The van der Waals surface area contributed by atoms with Crippen molar-refractivity contribution in [3.05, 3.63) is 102 Å². The number of hydrogen-bond donors (Lipinski definition) is 3. The largest absolute Gasteiger partial charge is 0.434 e. The van der Waals surface area contributed by atoms with Crippen LogP contribution in [-0.2, 0) is 6.18 Å². The summed E-state index contributed by atoms with van der Waals surface area (Å²) in [6, 6.07) is 20.4. The fourth-order valence-corrected chi connectivity index (χ4v) is 4.41. The molecule has 0 unspecified atom stereocenters. The van der Waals surface area contributed by atoms with Crippen LogP contribution >= 0.6 is 11.8 Å². The summed E-state index contributed by atoms with van der Waals surface area (Å²) in [6.45, 7) is 1.51. The molecule has 0 fully saturated rings. The summed E-state index contributed by atoms with van der Waals surface area (Å²) in [5.41, 5.74) is 9.39. The van der Waals surface area contributed by atoms with E-state index in [9.17, 15) is 13.2 Å². The number of nitrogens with one attached hydrogen (secondary N) is 1. The van der Waals surface area contributed by atoms with E-state index in [1.165, 1.54) is 28.9 Å². The van der Waals surface area contributed by atoms with E-state index in [0.717, 1.165) is 22.2 Å². The van der Waals surface area contributed by atoms with Crippen LogP contribution in [0.25, 0.3) is 22.5 Å². The first-order chi connectivity index (χ1) is 17.7. The normalized spacial score (nSPS) is 12.0. The number of benzene rings is 3. The van der Waals surface area contributed by atoms with E-state index >= 15 is 0 Å². The fourth-order valence-electron chi connectivity index (χ4n) is 3.95. The molecule has 1 heterocycles.